The van der Waals surface area contributed by atoms with E-state index >= 15 is 0 Å². The van der Waals surface area contributed by atoms with E-state index < -0.39 is 0 Å². The van der Waals surface area contributed by atoms with Crippen LogP contribution in [0.15, 0.2) is 28.4 Å². The first kappa shape index (κ1) is 10.0. The maximum Gasteiger partial charge on any atom is 0.344 e. The monoisotopic (exact) mass is 191 g/mol. The molecule has 0 fully saturated rings. The summed E-state index contributed by atoms with van der Waals surface area (Å²) in [7, 11) is 0. The molecule has 1 heterocycles. The standard InChI is InChI=1S/C8H9N5O/c9-13-12-4-2-1-3-7-5-10-8(14)11-6-7/h1,3,5-6H,2,4H2,(H,10,11,14). The van der Waals surface area contributed by atoms with Crippen LogP contribution < -0.4 is 5.69 Å². The van der Waals surface area contributed by atoms with Crippen molar-refractivity contribution in [1.82, 2.24) is 9.97 Å². The summed E-state index contributed by atoms with van der Waals surface area (Å²) in [5.41, 5.74) is 8.44. The number of aromatic amines is 1. The van der Waals surface area contributed by atoms with Gasteiger partial charge in [0.2, 0.25) is 0 Å². The fourth-order valence-electron chi connectivity index (χ4n) is 0.840. The minimum Gasteiger partial charge on any atom is -0.312 e. The van der Waals surface area contributed by atoms with Gasteiger partial charge in [0.15, 0.2) is 0 Å². The number of azide groups is 1. The van der Waals surface area contributed by atoms with Crippen molar-refractivity contribution in [3.05, 3.63) is 45.0 Å². The largest absolute Gasteiger partial charge is 0.344 e. The van der Waals surface area contributed by atoms with Crippen LogP contribution in [-0.2, 0) is 0 Å². The molecule has 0 atom stereocenters. The third-order valence-corrected chi connectivity index (χ3v) is 1.46. The van der Waals surface area contributed by atoms with Crippen LogP contribution in [-0.4, -0.2) is 16.5 Å². The van der Waals surface area contributed by atoms with Crippen molar-refractivity contribution in [3.63, 3.8) is 0 Å². The van der Waals surface area contributed by atoms with Crippen LogP contribution in [0.5, 0.6) is 0 Å². The van der Waals surface area contributed by atoms with Gasteiger partial charge in [0.05, 0.1) is 0 Å². The Balaban J connectivity index is 2.47. The molecule has 1 N–H and O–H groups in total. The highest BCUT2D eigenvalue weighted by atomic mass is 16.1. The van der Waals surface area contributed by atoms with Crippen LogP contribution in [0.4, 0.5) is 0 Å². The lowest BCUT2D eigenvalue weighted by atomic mass is 10.3. The van der Waals surface area contributed by atoms with Crippen LogP contribution in [0.3, 0.4) is 0 Å². The molecular weight excluding hydrogens is 182 g/mol. The van der Waals surface area contributed by atoms with Gasteiger partial charge in [0.1, 0.15) is 0 Å². The topological polar surface area (TPSA) is 94.5 Å². The van der Waals surface area contributed by atoms with Gasteiger partial charge in [-0.1, -0.05) is 17.3 Å². The molecule has 1 rings (SSSR count). The highest BCUT2D eigenvalue weighted by Crippen LogP contribution is 1.96. The Morgan fingerprint density at radius 1 is 1.71 bits per heavy atom. The van der Waals surface area contributed by atoms with Gasteiger partial charge < -0.3 is 4.98 Å². The van der Waals surface area contributed by atoms with E-state index in [2.05, 4.69) is 20.0 Å². The first-order valence-corrected chi connectivity index (χ1v) is 4.05. The SMILES string of the molecule is [N-]=[N+]=NCCC=Cc1cnc(=O)[nH]c1. The summed E-state index contributed by atoms with van der Waals surface area (Å²) in [4.78, 5) is 19.2. The minimum atomic E-state index is -0.365. The molecule has 72 valence electrons. The van der Waals surface area contributed by atoms with E-state index in [4.69, 9.17) is 5.53 Å². The molecule has 0 amide bonds. The van der Waals surface area contributed by atoms with E-state index in [1.807, 2.05) is 6.08 Å². The quantitative estimate of drug-likeness (QED) is 0.337. The summed E-state index contributed by atoms with van der Waals surface area (Å²) in [5.74, 6) is 0. The number of nitrogens with zero attached hydrogens (tertiary/aromatic N) is 4. The summed E-state index contributed by atoms with van der Waals surface area (Å²) in [5, 5.41) is 3.37. The van der Waals surface area contributed by atoms with Crippen LogP contribution >= 0.6 is 0 Å². The van der Waals surface area contributed by atoms with Crippen LogP contribution in [0.25, 0.3) is 16.5 Å². The third kappa shape index (κ3) is 3.55. The predicted octanol–water partition coefficient (Wildman–Crippen LogP) is 1.48. The zero-order valence-corrected chi connectivity index (χ0v) is 7.42. The molecule has 0 unspecified atom stereocenters. The average molecular weight is 191 g/mol. The molecule has 1 aromatic heterocycles. The Labute approximate surface area is 79.9 Å². The third-order valence-electron chi connectivity index (χ3n) is 1.46. The van der Waals surface area contributed by atoms with Gasteiger partial charge in [-0.05, 0) is 12.0 Å². The predicted molar refractivity (Wildman–Crippen MR) is 52.5 cm³/mol. The molecule has 0 aliphatic rings. The van der Waals surface area contributed by atoms with Gasteiger partial charge in [0.25, 0.3) is 0 Å². The van der Waals surface area contributed by atoms with Crippen molar-refractivity contribution in [2.45, 2.75) is 6.42 Å². The van der Waals surface area contributed by atoms with E-state index in [1.165, 1.54) is 6.20 Å². The average Bonchev–Trinajstić information content (AvgIpc) is 2.21. The van der Waals surface area contributed by atoms with Crippen LogP contribution in [0.2, 0.25) is 0 Å². The number of hydrogen-bond acceptors (Lipinski definition) is 3. The summed E-state index contributed by atoms with van der Waals surface area (Å²) in [6.45, 7) is 0.434. The molecule has 6 nitrogen and oxygen atoms in total. The summed E-state index contributed by atoms with van der Waals surface area (Å²) in [6.07, 6.45) is 7.37. The zero-order valence-electron chi connectivity index (χ0n) is 7.42. The fraction of sp³-hybridized carbons (Fsp3) is 0.250. The maximum atomic E-state index is 10.6. The molecule has 0 aliphatic carbocycles. The fourth-order valence-corrected chi connectivity index (χ4v) is 0.840. The van der Waals surface area contributed by atoms with Crippen LogP contribution in [0, 0.1) is 0 Å². The highest BCUT2D eigenvalue weighted by molar-refractivity contribution is 5.45. The maximum absolute atomic E-state index is 10.6. The van der Waals surface area contributed by atoms with Crippen LogP contribution in [0.1, 0.15) is 12.0 Å². The van der Waals surface area contributed by atoms with Crippen molar-refractivity contribution < 1.29 is 0 Å². The summed E-state index contributed by atoms with van der Waals surface area (Å²) < 4.78 is 0. The van der Waals surface area contributed by atoms with E-state index in [1.54, 1.807) is 12.3 Å². The number of aromatic nitrogens is 2. The van der Waals surface area contributed by atoms with Crippen molar-refractivity contribution >= 4 is 6.08 Å². The van der Waals surface area contributed by atoms with Gasteiger partial charge in [-0.25, -0.2) is 9.78 Å². The minimum absolute atomic E-state index is 0.365. The van der Waals surface area contributed by atoms with E-state index in [0.29, 0.717) is 13.0 Å². The van der Waals surface area contributed by atoms with Gasteiger partial charge in [-0.2, -0.15) is 0 Å². The second-order valence-corrected chi connectivity index (χ2v) is 2.50. The molecule has 0 aliphatic heterocycles. The molecule has 0 radical (unpaired) electrons. The normalized spacial score (nSPS) is 10.0. The molecule has 0 bridgehead atoms. The van der Waals surface area contributed by atoms with Gasteiger partial charge in [0, 0.05) is 29.4 Å². The Morgan fingerprint density at radius 2 is 2.57 bits per heavy atom. The molecule has 0 saturated carbocycles. The van der Waals surface area contributed by atoms with E-state index in [9.17, 15) is 4.79 Å². The molecule has 0 aromatic carbocycles. The number of H-pyrrole nitrogens is 1. The zero-order chi connectivity index (χ0) is 10.2. The molecule has 0 saturated heterocycles. The first-order chi connectivity index (χ1) is 6.83. The highest BCUT2D eigenvalue weighted by Gasteiger charge is 1.86. The lowest BCUT2D eigenvalue weighted by molar-refractivity contribution is 0.994. The lowest BCUT2D eigenvalue weighted by Gasteiger charge is -1.89. The van der Waals surface area contributed by atoms with Crippen molar-refractivity contribution in [1.29, 1.82) is 0 Å². The van der Waals surface area contributed by atoms with Crippen molar-refractivity contribution in [2.24, 2.45) is 5.11 Å². The second-order valence-electron chi connectivity index (χ2n) is 2.50. The second kappa shape index (κ2) is 5.55. The van der Waals surface area contributed by atoms with Gasteiger partial charge in [-0.15, -0.1) is 0 Å². The smallest absolute Gasteiger partial charge is 0.312 e. The number of rotatable bonds is 4. The Bertz CT molecular complexity index is 395. The Hall–Kier alpha value is -2.07. The van der Waals surface area contributed by atoms with Crippen molar-refractivity contribution in [3.8, 4) is 0 Å². The van der Waals surface area contributed by atoms with E-state index in [0.717, 1.165) is 5.56 Å². The Kier molecular flexibility index (Phi) is 3.97. The first-order valence-electron chi connectivity index (χ1n) is 4.05. The molecule has 1 aromatic rings. The molecule has 6 heteroatoms. The number of nitrogens with one attached hydrogen (secondary N) is 1. The van der Waals surface area contributed by atoms with Gasteiger partial charge >= 0.3 is 5.69 Å². The lowest BCUT2D eigenvalue weighted by Crippen LogP contribution is -2.07. The van der Waals surface area contributed by atoms with Gasteiger partial charge in [-0.3, -0.25) is 0 Å². The van der Waals surface area contributed by atoms with Crippen molar-refractivity contribution in [2.75, 3.05) is 6.54 Å². The number of hydrogen-bond donors (Lipinski definition) is 1. The summed E-state index contributed by atoms with van der Waals surface area (Å²) >= 11 is 0. The summed E-state index contributed by atoms with van der Waals surface area (Å²) in [6, 6.07) is 0. The Morgan fingerprint density at radius 3 is 3.21 bits per heavy atom. The molecular formula is C8H9N5O. The molecule has 14 heavy (non-hydrogen) atoms. The molecule has 0 spiro atoms. The van der Waals surface area contributed by atoms with E-state index in [-0.39, 0.29) is 5.69 Å².